The van der Waals surface area contributed by atoms with Gasteiger partial charge in [0, 0.05) is 39.8 Å². The van der Waals surface area contributed by atoms with E-state index >= 15 is 0 Å². The molecule has 0 bridgehead atoms. The smallest absolute Gasteiger partial charge is 0.316 e. The molecule has 0 saturated heterocycles. The van der Waals surface area contributed by atoms with Gasteiger partial charge >= 0.3 is 6.03 Å². The predicted molar refractivity (Wildman–Crippen MR) is 90.9 cm³/mol. The monoisotopic (exact) mass is 303 g/mol. The van der Waals surface area contributed by atoms with Crippen LogP contribution in [0.2, 0.25) is 0 Å². The standard InChI is InChI=1S/C18H29N3O/c1-14(2)11-17(12-19-18(22)20(3)4)21-10-9-15-7-5-6-8-16(15)13-21/h5-8,14,17H,9-13H2,1-4H3,(H,19,22). The number of hydrogen-bond acceptors (Lipinski definition) is 2. The van der Waals surface area contributed by atoms with E-state index in [1.165, 1.54) is 11.1 Å². The first-order chi connectivity index (χ1) is 10.5. The predicted octanol–water partition coefficient (Wildman–Crippen LogP) is 2.73. The third-order valence-electron chi connectivity index (χ3n) is 4.32. The molecule has 4 heteroatoms. The van der Waals surface area contributed by atoms with Crippen LogP contribution < -0.4 is 5.32 Å². The van der Waals surface area contributed by atoms with Crippen LogP contribution >= 0.6 is 0 Å². The Bertz CT molecular complexity index is 499. The van der Waals surface area contributed by atoms with Gasteiger partial charge in [0.05, 0.1) is 0 Å². The molecule has 1 unspecified atom stereocenters. The Morgan fingerprint density at radius 3 is 2.59 bits per heavy atom. The van der Waals surface area contributed by atoms with E-state index in [0.29, 0.717) is 12.0 Å². The summed E-state index contributed by atoms with van der Waals surface area (Å²) in [5, 5.41) is 3.05. The van der Waals surface area contributed by atoms with Crippen molar-refractivity contribution >= 4 is 6.03 Å². The van der Waals surface area contributed by atoms with Crippen molar-refractivity contribution in [2.75, 3.05) is 27.2 Å². The van der Waals surface area contributed by atoms with Crippen LogP contribution in [0.25, 0.3) is 0 Å². The molecular weight excluding hydrogens is 274 g/mol. The lowest BCUT2D eigenvalue weighted by Gasteiger charge is -2.36. The Morgan fingerprint density at radius 2 is 1.95 bits per heavy atom. The van der Waals surface area contributed by atoms with Crippen LogP contribution in [-0.4, -0.2) is 49.1 Å². The van der Waals surface area contributed by atoms with Crippen molar-refractivity contribution in [3.8, 4) is 0 Å². The summed E-state index contributed by atoms with van der Waals surface area (Å²) >= 11 is 0. The molecule has 1 aliphatic heterocycles. The summed E-state index contributed by atoms with van der Waals surface area (Å²) in [5.41, 5.74) is 2.90. The summed E-state index contributed by atoms with van der Waals surface area (Å²) in [6.45, 7) is 7.28. The third kappa shape index (κ3) is 4.47. The minimum absolute atomic E-state index is 0.00818. The number of rotatable bonds is 5. The highest BCUT2D eigenvalue weighted by atomic mass is 16.2. The van der Waals surface area contributed by atoms with Gasteiger partial charge in [-0.25, -0.2) is 4.79 Å². The first-order valence-electron chi connectivity index (χ1n) is 8.23. The lowest BCUT2D eigenvalue weighted by atomic mass is 9.95. The zero-order valence-electron chi connectivity index (χ0n) is 14.3. The lowest BCUT2D eigenvalue weighted by Crippen LogP contribution is -2.48. The van der Waals surface area contributed by atoms with Gasteiger partial charge < -0.3 is 10.2 Å². The average Bonchev–Trinajstić information content (AvgIpc) is 2.50. The highest BCUT2D eigenvalue weighted by Crippen LogP contribution is 2.22. The summed E-state index contributed by atoms with van der Waals surface area (Å²) in [5.74, 6) is 0.624. The summed E-state index contributed by atoms with van der Waals surface area (Å²) in [7, 11) is 3.56. The molecular formula is C18H29N3O. The Labute approximate surface area is 134 Å². The number of carbonyl (C=O) groups is 1. The zero-order chi connectivity index (χ0) is 16.1. The molecule has 1 aromatic rings. The normalized spacial score (nSPS) is 16.2. The summed E-state index contributed by atoms with van der Waals surface area (Å²) in [6, 6.07) is 9.10. The molecule has 2 amide bonds. The van der Waals surface area contributed by atoms with Crippen molar-refractivity contribution in [3.05, 3.63) is 35.4 Å². The fourth-order valence-electron chi connectivity index (χ4n) is 3.10. The fraction of sp³-hybridized carbons (Fsp3) is 0.611. The van der Waals surface area contributed by atoms with Crippen molar-refractivity contribution in [2.24, 2.45) is 5.92 Å². The Hall–Kier alpha value is -1.55. The van der Waals surface area contributed by atoms with Crippen molar-refractivity contribution < 1.29 is 4.79 Å². The number of carbonyl (C=O) groups excluding carboxylic acids is 1. The molecule has 1 atom stereocenters. The molecule has 0 aliphatic carbocycles. The zero-order valence-corrected chi connectivity index (χ0v) is 14.3. The topological polar surface area (TPSA) is 35.6 Å². The first-order valence-corrected chi connectivity index (χ1v) is 8.23. The van der Waals surface area contributed by atoms with Gasteiger partial charge in [-0.05, 0) is 29.9 Å². The van der Waals surface area contributed by atoms with E-state index < -0.39 is 0 Å². The van der Waals surface area contributed by atoms with Gasteiger partial charge in [-0.3, -0.25) is 4.90 Å². The van der Waals surface area contributed by atoms with Crippen molar-refractivity contribution in [1.82, 2.24) is 15.1 Å². The minimum Gasteiger partial charge on any atom is -0.336 e. The van der Waals surface area contributed by atoms with E-state index in [2.05, 4.69) is 48.3 Å². The van der Waals surface area contributed by atoms with Crippen LogP contribution in [0.5, 0.6) is 0 Å². The van der Waals surface area contributed by atoms with Crippen LogP contribution in [0, 0.1) is 5.92 Å². The van der Waals surface area contributed by atoms with Crippen LogP contribution in [-0.2, 0) is 13.0 Å². The van der Waals surface area contributed by atoms with E-state index in [9.17, 15) is 4.79 Å². The van der Waals surface area contributed by atoms with Gasteiger partial charge in [0.1, 0.15) is 0 Å². The van der Waals surface area contributed by atoms with Crippen molar-refractivity contribution in [3.63, 3.8) is 0 Å². The second kappa shape index (κ2) is 7.63. The Kier molecular flexibility index (Phi) is 5.83. The molecule has 1 aromatic carbocycles. The molecule has 1 heterocycles. The van der Waals surface area contributed by atoms with Crippen molar-refractivity contribution in [1.29, 1.82) is 0 Å². The third-order valence-corrected chi connectivity index (χ3v) is 4.32. The summed E-state index contributed by atoms with van der Waals surface area (Å²) in [4.78, 5) is 15.9. The average molecular weight is 303 g/mol. The Balaban J connectivity index is 2.01. The number of hydrogen-bond donors (Lipinski definition) is 1. The number of nitrogens with one attached hydrogen (secondary N) is 1. The van der Waals surface area contributed by atoms with Gasteiger partial charge in [0.2, 0.25) is 0 Å². The number of urea groups is 1. The summed E-state index contributed by atoms with van der Waals surface area (Å²) in [6.07, 6.45) is 2.21. The number of fused-ring (bicyclic) bond motifs is 1. The van der Waals surface area contributed by atoms with Crippen LogP contribution in [0.3, 0.4) is 0 Å². The minimum atomic E-state index is -0.00818. The molecule has 122 valence electrons. The number of nitrogens with zero attached hydrogens (tertiary/aromatic N) is 2. The second-order valence-corrected chi connectivity index (χ2v) is 6.85. The molecule has 4 nitrogen and oxygen atoms in total. The molecule has 0 aromatic heterocycles. The van der Waals surface area contributed by atoms with Crippen LogP contribution in [0.1, 0.15) is 31.4 Å². The molecule has 0 fully saturated rings. The van der Waals surface area contributed by atoms with E-state index in [1.54, 1.807) is 19.0 Å². The van der Waals surface area contributed by atoms with Gasteiger partial charge in [0.15, 0.2) is 0 Å². The molecule has 22 heavy (non-hydrogen) atoms. The van der Waals surface area contributed by atoms with Gasteiger partial charge in [-0.2, -0.15) is 0 Å². The maximum Gasteiger partial charge on any atom is 0.316 e. The van der Waals surface area contributed by atoms with E-state index in [4.69, 9.17) is 0 Å². The molecule has 1 aliphatic rings. The largest absolute Gasteiger partial charge is 0.336 e. The van der Waals surface area contributed by atoms with Gasteiger partial charge in [0.25, 0.3) is 0 Å². The maximum atomic E-state index is 11.8. The maximum absolute atomic E-state index is 11.8. The number of amides is 2. The van der Waals surface area contributed by atoms with Crippen LogP contribution in [0.4, 0.5) is 4.79 Å². The van der Waals surface area contributed by atoms with Crippen LogP contribution in [0.15, 0.2) is 24.3 Å². The molecule has 2 rings (SSSR count). The van der Waals surface area contributed by atoms with Gasteiger partial charge in [-0.15, -0.1) is 0 Å². The second-order valence-electron chi connectivity index (χ2n) is 6.85. The lowest BCUT2D eigenvalue weighted by molar-refractivity contribution is 0.151. The first kappa shape index (κ1) is 16.8. The van der Waals surface area contributed by atoms with E-state index in [1.807, 2.05) is 0 Å². The molecule has 0 radical (unpaired) electrons. The quantitative estimate of drug-likeness (QED) is 0.908. The highest BCUT2D eigenvalue weighted by Gasteiger charge is 2.24. The molecule has 0 spiro atoms. The SMILES string of the molecule is CC(C)CC(CNC(=O)N(C)C)N1CCc2ccccc2C1. The molecule has 0 saturated carbocycles. The number of benzene rings is 1. The fourth-order valence-corrected chi connectivity index (χ4v) is 3.10. The van der Waals surface area contributed by atoms with E-state index in [0.717, 1.165) is 32.5 Å². The molecule has 1 N–H and O–H groups in total. The van der Waals surface area contributed by atoms with Crippen molar-refractivity contribution in [2.45, 2.75) is 39.3 Å². The Morgan fingerprint density at radius 1 is 1.27 bits per heavy atom. The van der Waals surface area contributed by atoms with Gasteiger partial charge in [-0.1, -0.05) is 38.1 Å². The van der Waals surface area contributed by atoms with E-state index in [-0.39, 0.29) is 6.03 Å². The highest BCUT2D eigenvalue weighted by molar-refractivity contribution is 5.73. The summed E-state index contributed by atoms with van der Waals surface area (Å²) < 4.78 is 0.